The number of hydrogen-bond acceptors (Lipinski definition) is 8. The minimum Gasteiger partial charge on any atom is -0.508 e. The summed E-state index contributed by atoms with van der Waals surface area (Å²) in [7, 11) is 0. The van der Waals surface area contributed by atoms with Gasteiger partial charge in [0.2, 0.25) is 5.78 Å². The molecule has 3 aliphatic carbocycles. The highest BCUT2D eigenvalue weighted by atomic mass is 79.9. The minimum atomic E-state index is -2.97. The summed E-state index contributed by atoms with van der Waals surface area (Å²) in [5.74, 6) is -5.88. The van der Waals surface area contributed by atoms with Crippen LogP contribution in [-0.4, -0.2) is 54.7 Å². The van der Waals surface area contributed by atoms with Gasteiger partial charge < -0.3 is 31.3 Å². The van der Waals surface area contributed by atoms with E-state index < -0.39 is 69.1 Å². The molecule has 0 saturated heterocycles. The zero-order valence-electron chi connectivity index (χ0n) is 20.3. The second-order valence-electron chi connectivity index (χ2n) is 10.3. The van der Waals surface area contributed by atoms with Gasteiger partial charge in [0.05, 0.1) is 22.7 Å². The second kappa shape index (κ2) is 8.13. The lowest BCUT2D eigenvalue weighted by Crippen LogP contribution is -2.71. The first-order chi connectivity index (χ1) is 17.7. The number of halogens is 1. The number of carbonyl (C=O) groups is 3. The molecule has 1 amide bonds. The molecular weight excluding hydrogens is 558 g/mol. The molecule has 1 fully saturated rings. The lowest BCUT2D eigenvalue weighted by atomic mass is 9.45. The summed E-state index contributed by atoms with van der Waals surface area (Å²) in [5, 5.41) is 56.8. The van der Waals surface area contributed by atoms with E-state index in [1.54, 1.807) is 36.4 Å². The number of carbonyl (C=O) groups excluding carboxylic acids is 3. The fraction of sp³-hybridized carbons (Fsp3) is 0.250. The van der Waals surface area contributed by atoms with Crippen LogP contribution in [0, 0.1) is 10.8 Å². The molecule has 0 radical (unpaired) electrons. The fourth-order valence-corrected chi connectivity index (χ4v) is 6.51. The lowest BCUT2D eigenvalue weighted by molar-refractivity contribution is -0.188. The number of nitrogens with two attached hydrogens (primary N) is 1. The Morgan fingerprint density at radius 1 is 1.08 bits per heavy atom. The summed E-state index contributed by atoms with van der Waals surface area (Å²) in [6, 6.07) is 11.6. The summed E-state index contributed by atoms with van der Waals surface area (Å²) in [4.78, 5) is 39.1. The molecule has 0 bridgehead atoms. The number of Topliss-reactive ketones (excluding diaryl/α,β-unsaturated/α-hetero) is 2. The van der Waals surface area contributed by atoms with Gasteiger partial charge in [-0.15, -0.1) is 0 Å². The molecule has 4 atom stereocenters. The quantitative estimate of drug-likeness (QED) is 0.293. The van der Waals surface area contributed by atoms with Crippen LogP contribution < -0.4 is 5.73 Å². The van der Waals surface area contributed by atoms with Gasteiger partial charge in [-0.1, -0.05) is 53.2 Å². The zero-order chi connectivity index (χ0) is 27.9. The van der Waals surface area contributed by atoms with Gasteiger partial charge in [0.1, 0.15) is 22.8 Å². The van der Waals surface area contributed by atoms with E-state index >= 15 is 0 Å². The smallest absolute Gasteiger partial charge is 0.255 e. The van der Waals surface area contributed by atoms with Crippen molar-refractivity contribution >= 4 is 50.8 Å². The van der Waals surface area contributed by atoms with Gasteiger partial charge in [-0.25, -0.2) is 0 Å². The predicted molar refractivity (Wildman–Crippen MR) is 140 cm³/mol. The molecule has 0 aromatic heterocycles. The van der Waals surface area contributed by atoms with Crippen molar-refractivity contribution in [2.24, 2.45) is 16.6 Å². The molecule has 0 unspecified atom stereocenters. The Labute approximate surface area is 225 Å². The van der Waals surface area contributed by atoms with Gasteiger partial charge in [-0.05, 0) is 41.8 Å². The first-order valence-corrected chi connectivity index (χ1v) is 12.5. The molecule has 7 N–H and O–H groups in total. The van der Waals surface area contributed by atoms with Crippen molar-refractivity contribution < 1.29 is 39.9 Å². The molecule has 2 aromatic carbocycles. The Balaban J connectivity index is 1.90. The Kier molecular flexibility index (Phi) is 5.54. The Hall–Kier alpha value is -3.73. The average Bonchev–Trinajstić information content (AvgIpc) is 2.84. The topological polar surface area (TPSA) is 178 Å². The third-order valence-electron chi connectivity index (χ3n) is 8.23. The first-order valence-electron chi connectivity index (χ1n) is 11.7. The third-order valence-corrected chi connectivity index (χ3v) is 8.76. The van der Waals surface area contributed by atoms with Crippen LogP contribution in [0.1, 0.15) is 37.0 Å². The van der Waals surface area contributed by atoms with E-state index in [9.17, 15) is 39.9 Å². The molecular formula is C28H24BrNO8. The van der Waals surface area contributed by atoms with Crippen molar-refractivity contribution in [2.45, 2.75) is 32.0 Å². The molecule has 196 valence electrons. The second-order valence-corrected chi connectivity index (χ2v) is 11.2. The number of aliphatic hydroxyl groups is 4. The molecule has 2 aromatic rings. The average molecular weight is 582 g/mol. The van der Waals surface area contributed by atoms with Gasteiger partial charge in [-0.3, -0.25) is 14.4 Å². The monoisotopic (exact) mass is 581 g/mol. The van der Waals surface area contributed by atoms with Gasteiger partial charge in [-0.2, -0.15) is 0 Å². The van der Waals surface area contributed by atoms with Gasteiger partial charge in [0.25, 0.3) is 5.91 Å². The summed E-state index contributed by atoms with van der Waals surface area (Å²) in [5.41, 5.74) is -1.73. The van der Waals surface area contributed by atoms with Crippen LogP contribution in [0.15, 0.2) is 63.8 Å². The highest BCUT2D eigenvalue weighted by Crippen LogP contribution is 2.65. The molecule has 9 nitrogen and oxygen atoms in total. The highest BCUT2D eigenvalue weighted by Gasteiger charge is 2.74. The number of ketones is 2. The zero-order valence-corrected chi connectivity index (χ0v) is 21.9. The van der Waals surface area contributed by atoms with Crippen molar-refractivity contribution in [2.75, 3.05) is 0 Å². The van der Waals surface area contributed by atoms with E-state index in [2.05, 4.69) is 15.9 Å². The number of benzene rings is 2. The van der Waals surface area contributed by atoms with Crippen molar-refractivity contribution in [1.82, 2.24) is 0 Å². The molecule has 38 heavy (non-hydrogen) atoms. The number of fused-ring (bicyclic) bond motifs is 3. The van der Waals surface area contributed by atoms with E-state index in [0.29, 0.717) is 16.7 Å². The van der Waals surface area contributed by atoms with Crippen LogP contribution in [0.5, 0.6) is 5.75 Å². The van der Waals surface area contributed by atoms with Crippen LogP contribution in [0.2, 0.25) is 0 Å². The Bertz CT molecular complexity index is 1550. The maximum atomic E-state index is 14.2. The summed E-state index contributed by atoms with van der Waals surface area (Å²) >= 11 is 3.38. The van der Waals surface area contributed by atoms with Crippen molar-refractivity contribution in [3.05, 3.63) is 80.5 Å². The van der Waals surface area contributed by atoms with Crippen LogP contribution >= 0.6 is 15.9 Å². The van der Waals surface area contributed by atoms with Crippen LogP contribution in [-0.2, 0) is 14.4 Å². The van der Waals surface area contributed by atoms with Crippen molar-refractivity contribution in [3.8, 4) is 5.75 Å². The van der Waals surface area contributed by atoms with Gasteiger partial charge in [0.15, 0.2) is 11.4 Å². The maximum Gasteiger partial charge on any atom is 0.255 e. The molecule has 5 rings (SSSR count). The predicted octanol–water partition coefficient (Wildman–Crippen LogP) is 2.94. The summed E-state index contributed by atoms with van der Waals surface area (Å²) in [6.45, 7) is 2.74. The number of phenolic OH excluding ortho intramolecular Hbond substituents is 1. The number of aromatic hydroxyl groups is 1. The van der Waals surface area contributed by atoms with Gasteiger partial charge >= 0.3 is 0 Å². The van der Waals surface area contributed by atoms with E-state index in [-0.39, 0.29) is 11.3 Å². The van der Waals surface area contributed by atoms with E-state index in [0.717, 1.165) is 4.47 Å². The SMILES string of the molecule is C[C@]12C(=C(O)c3c(O)cccc3/C1=C\c1ccc(Br)cc1)C(=O)[C@]1(O)C(O)=C(C(N)=O)C(=O)C[C@]1(C)[C@H]2O. The largest absolute Gasteiger partial charge is 0.508 e. The number of hydrogen-bond donors (Lipinski definition) is 6. The number of rotatable bonds is 2. The van der Waals surface area contributed by atoms with Crippen LogP contribution in [0.25, 0.3) is 17.4 Å². The Morgan fingerprint density at radius 2 is 1.71 bits per heavy atom. The molecule has 0 aliphatic heterocycles. The van der Waals surface area contributed by atoms with Crippen molar-refractivity contribution in [3.63, 3.8) is 0 Å². The standard InChI is InChI=1S/C28H24BrNO8/c1-26-11-17(32)19(24(30)36)22(34)28(26,38)23(35)20-21(33)18-14(4-3-5-16(18)31)15(27(20,2)25(26)37)10-12-6-8-13(29)9-7-12/h3-10,25,31,33-34,37-38H,11H2,1-2H3,(H2,30,36)/b15-10+/t25-,26-,27-,28-/m1/s1. The summed E-state index contributed by atoms with van der Waals surface area (Å²) < 4.78 is 0.810. The van der Waals surface area contributed by atoms with Crippen LogP contribution in [0.3, 0.4) is 0 Å². The van der Waals surface area contributed by atoms with Crippen molar-refractivity contribution in [1.29, 1.82) is 0 Å². The third kappa shape index (κ3) is 3.02. The maximum absolute atomic E-state index is 14.2. The van der Waals surface area contributed by atoms with E-state index in [4.69, 9.17) is 5.73 Å². The number of phenols is 1. The molecule has 10 heteroatoms. The summed E-state index contributed by atoms with van der Waals surface area (Å²) in [6.07, 6.45) is -0.773. The van der Waals surface area contributed by atoms with E-state index in [1.165, 1.54) is 26.0 Å². The normalized spacial score (nSPS) is 31.7. The van der Waals surface area contributed by atoms with Gasteiger partial charge in [0, 0.05) is 16.3 Å². The molecule has 0 spiro atoms. The van der Waals surface area contributed by atoms with Crippen LogP contribution in [0.4, 0.5) is 0 Å². The molecule has 1 saturated carbocycles. The fourth-order valence-electron chi connectivity index (χ4n) is 6.25. The first kappa shape index (κ1) is 25.9. The Morgan fingerprint density at radius 3 is 2.32 bits per heavy atom. The van der Waals surface area contributed by atoms with E-state index in [1.807, 2.05) is 0 Å². The molecule has 3 aliphatic rings. The highest BCUT2D eigenvalue weighted by molar-refractivity contribution is 9.10. The minimum absolute atomic E-state index is 0.110. The lowest BCUT2D eigenvalue weighted by Gasteiger charge is -2.59. The number of primary amides is 1. The number of amides is 1. The number of aliphatic hydroxyl groups excluding tert-OH is 3. The molecule has 0 heterocycles.